The number of rotatable bonds is 6. The summed E-state index contributed by atoms with van der Waals surface area (Å²) in [5, 5.41) is 3.94. The highest BCUT2D eigenvalue weighted by Gasteiger charge is 2.19. The second-order valence-electron chi connectivity index (χ2n) is 6.95. The number of carbonyl (C=O) groups excluding carboxylic acids is 2. The first-order chi connectivity index (χ1) is 13.9. The number of aromatic nitrogens is 1. The molecule has 3 rings (SSSR count). The van der Waals surface area contributed by atoms with E-state index in [1.807, 2.05) is 31.2 Å². The van der Waals surface area contributed by atoms with Gasteiger partial charge in [-0.1, -0.05) is 12.1 Å². The Labute approximate surface area is 169 Å². The molecular formula is C23H24N2O4. The Morgan fingerprint density at radius 2 is 1.90 bits per heavy atom. The summed E-state index contributed by atoms with van der Waals surface area (Å²) in [6, 6.07) is 12.9. The van der Waals surface area contributed by atoms with Gasteiger partial charge in [-0.3, -0.25) is 4.98 Å². The fraction of sp³-hybridized carbons (Fsp3) is 0.261. The number of aryl methyl sites for hydroxylation is 1. The van der Waals surface area contributed by atoms with Crippen molar-refractivity contribution in [2.75, 3.05) is 11.9 Å². The van der Waals surface area contributed by atoms with Crippen molar-refractivity contribution in [3.63, 3.8) is 0 Å². The first kappa shape index (κ1) is 20.3. The Bertz CT molecular complexity index is 1060. The first-order valence-electron chi connectivity index (χ1n) is 9.53. The van der Waals surface area contributed by atoms with E-state index >= 15 is 0 Å². The molecule has 0 fully saturated rings. The van der Waals surface area contributed by atoms with Gasteiger partial charge in [-0.25, -0.2) is 9.59 Å². The molecule has 1 N–H and O–H groups in total. The zero-order valence-corrected chi connectivity index (χ0v) is 17.0. The van der Waals surface area contributed by atoms with E-state index in [2.05, 4.69) is 10.3 Å². The number of hydrogen-bond acceptors (Lipinski definition) is 6. The van der Waals surface area contributed by atoms with Gasteiger partial charge in [0.15, 0.2) is 0 Å². The highest BCUT2D eigenvalue weighted by atomic mass is 16.5. The van der Waals surface area contributed by atoms with E-state index in [4.69, 9.17) is 9.47 Å². The van der Waals surface area contributed by atoms with Crippen molar-refractivity contribution in [1.82, 2.24) is 4.98 Å². The van der Waals surface area contributed by atoms with Crippen LogP contribution in [0.25, 0.3) is 10.9 Å². The zero-order chi connectivity index (χ0) is 21.0. The van der Waals surface area contributed by atoms with Gasteiger partial charge in [0.1, 0.15) is 5.56 Å². The summed E-state index contributed by atoms with van der Waals surface area (Å²) in [5.74, 6) is -0.905. The molecule has 0 atom stereocenters. The molecule has 2 aromatic carbocycles. The van der Waals surface area contributed by atoms with Crippen molar-refractivity contribution in [3.8, 4) is 0 Å². The quantitative estimate of drug-likeness (QED) is 0.593. The summed E-state index contributed by atoms with van der Waals surface area (Å²) in [7, 11) is 0. The van der Waals surface area contributed by atoms with Crippen LogP contribution in [-0.2, 0) is 9.47 Å². The smallest absolute Gasteiger partial charge is 0.341 e. The lowest BCUT2D eigenvalue weighted by Gasteiger charge is -2.15. The van der Waals surface area contributed by atoms with Gasteiger partial charge in [0.25, 0.3) is 0 Å². The summed E-state index contributed by atoms with van der Waals surface area (Å²) in [5.41, 5.74) is 3.77. The third-order valence-electron chi connectivity index (χ3n) is 4.23. The van der Waals surface area contributed by atoms with E-state index in [1.165, 1.54) is 6.20 Å². The monoisotopic (exact) mass is 392 g/mol. The van der Waals surface area contributed by atoms with E-state index in [9.17, 15) is 9.59 Å². The lowest BCUT2D eigenvalue weighted by atomic mass is 10.1. The van der Waals surface area contributed by atoms with E-state index in [0.717, 1.165) is 11.3 Å². The molecule has 0 aliphatic carbocycles. The summed E-state index contributed by atoms with van der Waals surface area (Å²) in [6.07, 6.45) is 1.26. The lowest BCUT2D eigenvalue weighted by molar-refractivity contribution is 0.0377. The Morgan fingerprint density at radius 1 is 1.10 bits per heavy atom. The number of nitrogens with one attached hydrogen (secondary N) is 1. The Morgan fingerprint density at radius 3 is 2.59 bits per heavy atom. The second kappa shape index (κ2) is 8.73. The molecule has 1 heterocycles. The van der Waals surface area contributed by atoms with Gasteiger partial charge >= 0.3 is 11.9 Å². The number of anilines is 2. The van der Waals surface area contributed by atoms with Crippen LogP contribution in [0.15, 0.2) is 48.7 Å². The molecule has 0 amide bonds. The third kappa shape index (κ3) is 4.71. The molecule has 6 nitrogen and oxygen atoms in total. The van der Waals surface area contributed by atoms with Crippen LogP contribution in [0, 0.1) is 6.92 Å². The highest BCUT2D eigenvalue weighted by Crippen LogP contribution is 2.31. The lowest BCUT2D eigenvalue weighted by Crippen LogP contribution is -2.12. The van der Waals surface area contributed by atoms with Gasteiger partial charge in [-0.15, -0.1) is 0 Å². The molecule has 0 unspecified atom stereocenters. The van der Waals surface area contributed by atoms with Crippen molar-refractivity contribution in [2.45, 2.75) is 33.8 Å². The molecule has 29 heavy (non-hydrogen) atoms. The Balaban J connectivity index is 2.16. The van der Waals surface area contributed by atoms with Gasteiger partial charge < -0.3 is 14.8 Å². The third-order valence-corrected chi connectivity index (χ3v) is 4.23. The maximum Gasteiger partial charge on any atom is 0.341 e. The molecular weight excluding hydrogens is 368 g/mol. The molecule has 0 saturated carbocycles. The number of ether oxygens (including phenoxy) is 2. The topological polar surface area (TPSA) is 77.5 Å². The molecule has 3 aromatic rings. The van der Waals surface area contributed by atoms with E-state index in [-0.39, 0.29) is 12.7 Å². The molecule has 0 aliphatic rings. The van der Waals surface area contributed by atoms with Crippen LogP contribution < -0.4 is 5.32 Å². The number of hydrogen-bond donors (Lipinski definition) is 1. The number of esters is 2. The van der Waals surface area contributed by atoms with E-state index in [0.29, 0.717) is 27.7 Å². The Hall–Kier alpha value is -3.41. The summed E-state index contributed by atoms with van der Waals surface area (Å²) in [6.45, 7) is 7.58. The SMILES string of the molecule is CCOC(=O)c1cnc2ccc(C(=O)OC(C)C)cc2c1Nc1cccc(C)c1. The van der Waals surface area contributed by atoms with Crippen LogP contribution >= 0.6 is 0 Å². The maximum absolute atomic E-state index is 12.5. The summed E-state index contributed by atoms with van der Waals surface area (Å²) < 4.78 is 10.5. The van der Waals surface area contributed by atoms with Crippen LogP contribution in [0.4, 0.5) is 11.4 Å². The normalized spacial score (nSPS) is 10.8. The van der Waals surface area contributed by atoms with Crippen LogP contribution in [0.2, 0.25) is 0 Å². The zero-order valence-electron chi connectivity index (χ0n) is 17.0. The van der Waals surface area contributed by atoms with Gasteiger partial charge in [-0.2, -0.15) is 0 Å². The minimum atomic E-state index is -0.479. The minimum Gasteiger partial charge on any atom is -0.462 e. The van der Waals surface area contributed by atoms with Gasteiger partial charge in [0.2, 0.25) is 0 Å². The second-order valence-corrected chi connectivity index (χ2v) is 6.95. The molecule has 0 bridgehead atoms. The van der Waals surface area contributed by atoms with Crippen molar-refractivity contribution >= 4 is 34.2 Å². The molecule has 0 spiro atoms. The molecule has 1 aromatic heterocycles. The molecule has 0 aliphatic heterocycles. The van der Waals surface area contributed by atoms with Crippen molar-refractivity contribution in [3.05, 3.63) is 65.4 Å². The minimum absolute atomic E-state index is 0.230. The average Bonchev–Trinajstić information content (AvgIpc) is 2.67. The average molecular weight is 392 g/mol. The summed E-state index contributed by atoms with van der Waals surface area (Å²) >= 11 is 0. The number of nitrogens with zero attached hydrogens (tertiary/aromatic N) is 1. The maximum atomic E-state index is 12.5. The predicted octanol–water partition coefficient (Wildman–Crippen LogP) is 5.03. The molecule has 0 saturated heterocycles. The first-order valence-corrected chi connectivity index (χ1v) is 9.53. The fourth-order valence-corrected chi connectivity index (χ4v) is 2.97. The largest absolute Gasteiger partial charge is 0.462 e. The summed E-state index contributed by atoms with van der Waals surface area (Å²) in [4.78, 5) is 29.3. The fourth-order valence-electron chi connectivity index (χ4n) is 2.97. The number of fused-ring (bicyclic) bond motifs is 1. The van der Waals surface area contributed by atoms with Crippen LogP contribution in [0.3, 0.4) is 0 Å². The van der Waals surface area contributed by atoms with E-state index < -0.39 is 11.9 Å². The molecule has 0 radical (unpaired) electrons. The molecule has 150 valence electrons. The molecule has 6 heteroatoms. The van der Waals surface area contributed by atoms with Crippen LogP contribution in [0.1, 0.15) is 47.1 Å². The van der Waals surface area contributed by atoms with Crippen LogP contribution in [-0.4, -0.2) is 29.6 Å². The van der Waals surface area contributed by atoms with Gasteiger partial charge in [-0.05, 0) is 63.6 Å². The predicted molar refractivity (Wildman–Crippen MR) is 113 cm³/mol. The van der Waals surface area contributed by atoms with Gasteiger partial charge in [0.05, 0.1) is 29.5 Å². The van der Waals surface area contributed by atoms with Gasteiger partial charge in [0, 0.05) is 17.3 Å². The number of benzene rings is 2. The standard InChI is InChI=1S/C23H24N2O4/c1-5-28-23(27)19-13-24-20-10-9-16(22(26)29-14(2)3)12-18(20)21(19)25-17-8-6-7-15(4)11-17/h6-14H,5H2,1-4H3,(H,24,25). The number of pyridine rings is 1. The highest BCUT2D eigenvalue weighted by molar-refractivity contribution is 6.07. The Kier molecular flexibility index (Phi) is 6.12. The van der Waals surface area contributed by atoms with Crippen molar-refractivity contribution in [1.29, 1.82) is 0 Å². The van der Waals surface area contributed by atoms with E-state index in [1.54, 1.807) is 39.0 Å². The number of carbonyl (C=O) groups is 2. The van der Waals surface area contributed by atoms with Crippen molar-refractivity contribution in [2.24, 2.45) is 0 Å². The van der Waals surface area contributed by atoms with Crippen molar-refractivity contribution < 1.29 is 19.1 Å². The van der Waals surface area contributed by atoms with Crippen LogP contribution in [0.5, 0.6) is 0 Å².